The second-order valence-corrected chi connectivity index (χ2v) is 5.76. The molecule has 1 heterocycles. The Morgan fingerprint density at radius 2 is 1.72 bits per heavy atom. The number of methoxy groups -OCH3 is 1. The standard InChI is InChI=1S/C21H20N2O2/c1-15(16-6-4-3-5-7-16)23-21(24)19-9-8-18(14-20(19)25-2)17-10-12-22-13-11-17/h3-15H,1-2H3,(H,23,24). The highest BCUT2D eigenvalue weighted by Crippen LogP contribution is 2.27. The van der Waals surface area contributed by atoms with E-state index in [9.17, 15) is 4.79 Å². The molecule has 0 aliphatic heterocycles. The molecule has 3 aromatic rings. The summed E-state index contributed by atoms with van der Waals surface area (Å²) in [5.41, 5.74) is 3.58. The van der Waals surface area contributed by atoms with Crippen molar-refractivity contribution in [2.45, 2.75) is 13.0 Å². The predicted octanol–water partition coefficient (Wildman–Crippen LogP) is 4.25. The summed E-state index contributed by atoms with van der Waals surface area (Å²) in [5.74, 6) is 0.390. The molecule has 0 aliphatic carbocycles. The van der Waals surface area contributed by atoms with Gasteiger partial charge in [0.05, 0.1) is 18.7 Å². The molecule has 25 heavy (non-hydrogen) atoms. The van der Waals surface area contributed by atoms with Gasteiger partial charge in [-0.2, -0.15) is 0 Å². The Bertz CT molecular complexity index is 848. The van der Waals surface area contributed by atoms with E-state index in [0.29, 0.717) is 11.3 Å². The zero-order valence-electron chi connectivity index (χ0n) is 14.3. The van der Waals surface area contributed by atoms with E-state index in [0.717, 1.165) is 16.7 Å². The molecule has 2 aromatic carbocycles. The van der Waals surface area contributed by atoms with E-state index in [1.807, 2.05) is 61.5 Å². The Morgan fingerprint density at radius 1 is 1.00 bits per heavy atom. The normalized spacial score (nSPS) is 11.6. The van der Waals surface area contributed by atoms with Crippen molar-refractivity contribution in [3.05, 3.63) is 84.2 Å². The average Bonchev–Trinajstić information content (AvgIpc) is 2.68. The Labute approximate surface area is 147 Å². The lowest BCUT2D eigenvalue weighted by atomic mass is 10.0. The number of nitrogens with zero attached hydrogens (tertiary/aromatic N) is 1. The molecule has 1 aromatic heterocycles. The van der Waals surface area contributed by atoms with Crippen LogP contribution in [0.3, 0.4) is 0 Å². The Hall–Kier alpha value is -3.14. The highest BCUT2D eigenvalue weighted by Gasteiger charge is 2.16. The smallest absolute Gasteiger partial charge is 0.255 e. The van der Waals surface area contributed by atoms with Crippen LogP contribution < -0.4 is 10.1 Å². The van der Waals surface area contributed by atoms with E-state index in [4.69, 9.17) is 4.74 Å². The van der Waals surface area contributed by atoms with Crippen LogP contribution in [0.2, 0.25) is 0 Å². The van der Waals surface area contributed by atoms with E-state index in [-0.39, 0.29) is 11.9 Å². The molecular weight excluding hydrogens is 312 g/mol. The van der Waals surface area contributed by atoms with E-state index in [1.165, 1.54) is 0 Å². The number of aromatic nitrogens is 1. The molecule has 4 nitrogen and oxygen atoms in total. The molecule has 1 amide bonds. The number of carbonyl (C=O) groups is 1. The van der Waals surface area contributed by atoms with E-state index >= 15 is 0 Å². The summed E-state index contributed by atoms with van der Waals surface area (Å²) in [7, 11) is 1.57. The van der Waals surface area contributed by atoms with Gasteiger partial charge in [0.1, 0.15) is 5.75 Å². The second-order valence-electron chi connectivity index (χ2n) is 5.76. The Morgan fingerprint density at radius 3 is 2.40 bits per heavy atom. The lowest BCUT2D eigenvalue weighted by Gasteiger charge is -2.16. The molecule has 4 heteroatoms. The van der Waals surface area contributed by atoms with Crippen LogP contribution in [0.5, 0.6) is 5.75 Å². The topological polar surface area (TPSA) is 51.2 Å². The van der Waals surface area contributed by atoms with Crippen LogP contribution >= 0.6 is 0 Å². The number of benzene rings is 2. The van der Waals surface area contributed by atoms with E-state index < -0.39 is 0 Å². The van der Waals surface area contributed by atoms with Gasteiger partial charge in [-0.3, -0.25) is 9.78 Å². The number of amides is 1. The van der Waals surface area contributed by atoms with Gasteiger partial charge >= 0.3 is 0 Å². The van der Waals surface area contributed by atoms with Gasteiger partial charge in [-0.15, -0.1) is 0 Å². The first-order valence-electron chi connectivity index (χ1n) is 8.13. The number of pyridine rings is 1. The molecular formula is C21H20N2O2. The zero-order chi connectivity index (χ0) is 17.6. The molecule has 0 saturated carbocycles. The summed E-state index contributed by atoms with van der Waals surface area (Å²) in [4.78, 5) is 16.7. The molecule has 1 atom stereocenters. The van der Waals surface area contributed by atoms with E-state index in [2.05, 4.69) is 10.3 Å². The molecule has 0 aliphatic rings. The number of hydrogen-bond acceptors (Lipinski definition) is 3. The summed E-state index contributed by atoms with van der Waals surface area (Å²) >= 11 is 0. The van der Waals surface area contributed by atoms with Gasteiger partial charge in [0, 0.05) is 12.4 Å². The molecule has 126 valence electrons. The Kier molecular flexibility index (Phi) is 5.09. The van der Waals surface area contributed by atoms with E-state index in [1.54, 1.807) is 25.6 Å². The fraction of sp³-hybridized carbons (Fsp3) is 0.143. The zero-order valence-corrected chi connectivity index (χ0v) is 14.3. The van der Waals surface area contributed by atoms with Gasteiger partial charge in [-0.05, 0) is 47.9 Å². The number of carbonyl (C=O) groups excluding carboxylic acids is 1. The van der Waals surface area contributed by atoms with Crippen molar-refractivity contribution in [2.75, 3.05) is 7.11 Å². The summed E-state index contributed by atoms with van der Waals surface area (Å²) in [6.45, 7) is 1.96. The molecule has 0 saturated heterocycles. The fourth-order valence-corrected chi connectivity index (χ4v) is 2.70. The van der Waals surface area contributed by atoms with Crippen LogP contribution in [0, 0.1) is 0 Å². The fourth-order valence-electron chi connectivity index (χ4n) is 2.70. The maximum Gasteiger partial charge on any atom is 0.255 e. The van der Waals surface area contributed by atoms with Crippen molar-refractivity contribution in [1.82, 2.24) is 10.3 Å². The van der Waals surface area contributed by atoms with Crippen LogP contribution in [-0.2, 0) is 0 Å². The molecule has 0 fully saturated rings. The predicted molar refractivity (Wildman–Crippen MR) is 98.5 cm³/mol. The minimum atomic E-state index is -0.158. The highest BCUT2D eigenvalue weighted by atomic mass is 16.5. The van der Waals surface area contributed by atoms with Crippen LogP contribution in [-0.4, -0.2) is 18.0 Å². The first-order chi connectivity index (χ1) is 12.2. The second kappa shape index (κ2) is 7.62. The first-order valence-corrected chi connectivity index (χ1v) is 8.13. The summed E-state index contributed by atoms with van der Waals surface area (Å²) in [6.07, 6.45) is 3.48. The number of ether oxygens (including phenoxy) is 1. The van der Waals surface area contributed by atoms with Crippen molar-refractivity contribution in [1.29, 1.82) is 0 Å². The summed E-state index contributed by atoms with van der Waals surface area (Å²) < 4.78 is 5.44. The Balaban J connectivity index is 1.83. The third kappa shape index (κ3) is 3.86. The third-order valence-corrected chi connectivity index (χ3v) is 4.11. The molecule has 3 rings (SSSR count). The lowest BCUT2D eigenvalue weighted by Crippen LogP contribution is -2.27. The van der Waals surface area contributed by atoms with Crippen molar-refractivity contribution in [3.63, 3.8) is 0 Å². The van der Waals surface area contributed by atoms with Gasteiger partial charge in [0.25, 0.3) is 5.91 Å². The largest absolute Gasteiger partial charge is 0.496 e. The lowest BCUT2D eigenvalue weighted by molar-refractivity contribution is 0.0937. The van der Waals surface area contributed by atoms with Crippen molar-refractivity contribution < 1.29 is 9.53 Å². The SMILES string of the molecule is COc1cc(-c2ccncc2)ccc1C(=O)NC(C)c1ccccc1. The maximum atomic E-state index is 12.7. The highest BCUT2D eigenvalue weighted by molar-refractivity contribution is 5.97. The summed E-state index contributed by atoms with van der Waals surface area (Å²) in [6, 6.07) is 19.2. The van der Waals surface area contributed by atoms with Gasteiger partial charge in [-0.25, -0.2) is 0 Å². The quantitative estimate of drug-likeness (QED) is 0.760. The molecule has 0 spiro atoms. The van der Waals surface area contributed by atoms with Gasteiger partial charge < -0.3 is 10.1 Å². The average molecular weight is 332 g/mol. The molecule has 1 N–H and O–H groups in total. The molecule has 0 radical (unpaired) electrons. The third-order valence-electron chi connectivity index (χ3n) is 4.11. The van der Waals surface area contributed by atoms with Crippen LogP contribution in [0.15, 0.2) is 73.1 Å². The van der Waals surface area contributed by atoms with Crippen LogP contribution in [0.4, 0.5) is 0 Å². The van der Waals surface area contributed by atoms with Crippen LogP contribution in [0.1, 0.15) is 28.9 Å². The van der Waals surface area contributed by atoms with Crippen molar-refractivity contribution in [3.8, 4) is 16.9 Å². The van der Waals surface area contributed by atoms with Gasteiger partial charge in [0.2, 0.25) is 0 Å². The first kappa shape index (κ1) is 16.7. The maximum absolute atomic E-state index is 12.7. The van der Waals surface area contributed by atoms with Gasteiger partial charge in [0.15, 0.2) is 0 Å². The number of nitrogens with one attached hydrogen (secondary N) is 1. The van der Waals surface area contributed by atoms with Gasteiger partial charge in [-0.1, -0.05) is 36.4 Å². The van der Waals surface area contributed by atoms with Crippen molar-refractivity contribution in [2.24, 2.45) is 0 Å². The minimum Gasteiger partial charge on any atom is -0.496 e. The molecule has 0 bridgehead atoms. The molecule has 1 unspecified atom stereocenters. The number of hydrogen-bond donors (Lipinski definition) is 1. The number of rotatable bonds is 5. The van der Waals surface area contributed by atoms with Crippen molar-refractivity contribution >= 4 is 5.91 Å². The minimum absolute atomic E-state index is 0.0849. The summed E-state index contributed by atoms with van der Waals surface area (Å²) in [5, 5.41) is 3.02. The monoisotopic (exact) mass is 332 g/mol. The van der Waals surface area contributed by atoms with Crippen LogP contribution in [0.25, 0.3) is 11.1 Å².